The lowest BCUT2D eigenvalue weighted by molar-refractivity contribution is 0.573. The van der Waals surface area contributed by atoms with E-state index in [1.807, 2.05) is 0 Å². The van der Waals surface area contributed by atoms with Gasteiger partial charge in [0.15, 0.2) is 0 Å². The minimum atomic E-state index is 0.559. The van der Waals surface area contributed by atoms with E-state index in [0.29, 0.717) is 11.8 Å². The fourth-order valence-electron chi connectivity index (χ4n) is 1.51. The number of hydrogen-bond acceptors (Lipinski definition) is 2. The molecule has 16 heavy (non-hydrogen) atoms. The highest BCUT2D eigenvalue weighted by molar-refractivity contribution is 14.1. The zero-order valence-electron chi connectivity index (χ0n) is 9.40. The maximum atomic E-state index is 5.43. The summed E-state index contributed by atoms with van der Waals surface area (Å²) in [5.74, 6) is 1.27. The first kappa shape index (κ1) is 11.6. The van der Waals surface area contributed by atoms with Crippen molar-refractivity contribution in [3.8, 4) is 11.5 Å². The second-order valence-electron chi connectivity index (χ2n) is 4.05. The molecule has 0 amide bonds. The number of rotatable bonds is 3. The molecule has 0 N–H and O–H groups in total. The Morgan fingerprint density at radius 2 is 1.94 bits per heavy atom. The highest BCUT2D eigenvalue weighted by atomic mass is 127. The van der Waals surface area contributed by atoms with Crippen molar-refractivity contribution in [1.29, 1.82) is 0 Å². The molecule has 2 rings (SSSR count). The summed E-state index contributed by atoms with van der Waals surface area (Å²) in [5.41, 5.74) is 3.37. The Labute approximate surface area is 109 Å². The van der Waals surface area contributed by atoms with Gasteiger partial charge in [-0.2, -0.15) is 0 Å². The molecule has 0 aliphatic heterocycles. The summed E-state index contributed by atoms with van der Waals surface area (Å²) < 4.78 is 6.31. The van der Waals surface area contributed by atoms with Crippen LogP contribution >= 0.6 is 22.6 Å². The monoisotopic (exact) mass is 327 g/mol. The van der Waals surface area contributed by atoms with Gasteiger partial charge in [0.1, 0.15) is 6.26 Å². The molecule has 1 aromatic heterocycles. The predicted molar refractivity (Wildman–Crippen MR) is 73.8 cm³/mol. The zero-order chi connectivity index (χ0) is 11.5. The van der Waals surface area contributed by atoms with Crippen LogP contribution in [0.3, 0.4) is 0 Å². The molecular formula is C13H14INO. The van der Waals surface area contributed by atoms with E-state index in [1.165, 1.54) is 5.56 Å². The molecule has 84 valence electrons. The fraction of sp³-hybridized carbons (Fsp3) is 0.308. The number of aromatic nitrogens is 1. The van der Waals surface area contributed by atoms with Gasteiger partial charge in [0, 0.05) is 9.99 Å². The van der Waals surface area contributed by atoms with Crippen LogP contribution in [0.4, 0.5) is 0 Å². The Morgan fingerprint density at radius 3 is 2.44 bits per heavy atom. The smallest absolute Gasteiger partial charge is 0.226 e. The Bertz CT molecular complexity index is 459. The second kappa shape index (κ2) is 4.99. The van der Waals surface area contributed by atoms with E-state index in [2.05, 4.69) is 65.7 Å². The lowest BCUT2D eigenvalue weighted by Gasteiger charge is -2.04. The molecule has 0 bridgehead atoms. The minimum absolute atomic E-state index is 0.559. The third-order valence-electron chi connectivity index (χ3n) is 2.51. The predicted octanol–water partition coefficient (Wildman–Crippen LogP) is 4.40. The zero-order valence-corrected chi connectivity index (χ0v) is 11.6. The van der Waals surface area contributed by atoms with Crippen molar-refractivity contribution in [1.82, 2.24) is 4.98 Å². The number of hydrogen-bond donors (Lipinski definition) is 0. The van der Waals surface area contributed by atoms with Crippen molar-refractivity contribution >= 4 is 22.6 Å². The van der Waals surface area contributed by atoms with Gasteiger partial charge < -0.3 is 4.42 Å². The molecule has 2 nitrogen and oxygen atoms in total. The lowest BCUT2D eigenvalue weighted by atomic mass is 10.0. The second-order valence-corrected chi connectivity index (χ2v) is 4.82. The number of halogens is 1. The molecule has 0 saturated heterocycles. The van der Waals surface area contributed by atoms with Gasteiger partial charge >= 0.3 is 0 Å². The maximum Gasteiger partial charge on any atom is 0.226 e. The van der Waals surface area contributed by atoms with Gasteiger partial charge in [-0.3, -0.25) is 0 Å². The molecule has 0 aliphatic carbocycles. The van der Waals surface area contributed by atoms with Crippen LogP contribution in [0.2, 0.25) is 0 Å². The van der Waals surface area contributed by atoms with E-state index in [-0.39, 0.29) is 0 Å². The van der Waals surface area contributed by atoms with Crippen LogP contribution in [-0.2, 0) is 4.43 Å². The van der Waals surface area contributed by atoms with E-state index in [9.17, 15) is 0 Å². The molecule has 0 fully saturated rings. The average Bonchev–Trinajstić information content (AvgIpc) is 2.77. The first-order valence-electron chi connectivity index (χ1n) is 5.31. The van der Waals surface area contributed by atoms with Crippen LogP contribution in [0.1, 0.15) is 31.0 Å². The van der Waals surface area contributed by atoms with Gasteiger partial charge in [-0.15, -0.1) is 0 Å². The Morgan fingerprint density at radius 1 is 1.25 bits per heavy atom. The minimum Gasteiger partial charge on any atom is -0.444 e. The van der Waals surface area contributed by atoms with E-state index in [1.54, 1.807) is 6.26 Å². The van der Waals surface area contributed by atoms with Crippen LogP contribution in [-0.4, -0.2) is 4.98 Å². The average molecular weight is 327 g/mol. The Kier molecular flexibility index (Phi) is 3.63. The molecule has 0 spiro atoms. The standard InChI is InChI=1S/C13H14INO/c1-9(2)10-3-5-11(6-4-10)13-15-12(7-14)8-16-13/h3-6,8-9H,7H2,1-2H3. The topological polar surface area (TPSA) is 26.0 Å². The summed E-state index contributed by atoms with van der Waals surface area (Å²) in [5, 5.41) is 0. The molecule has 0 unspecified atom stereocenters. The summed E-state index contributed by atoms with van der Waals surface area (Å²) in [7, 11) is 0. The van der Waals surface area contributed by atoms with Crippen LogP contribution in [0.15, 0.2) is 34.9 Å². The maximum absolute atomic E-state index is 5.43. The lowest BCUT2D eigenvalue weighted by Crippen LogP contribution is -1.87. The van der Waals surface area contributed by atoms with Gasteiger partial charge in [0.25, 0.3) is 0 Å². The highest BCUT2D eigenvalue weighted by Crippen LogP contribution is 2.22. The third kappa shape index (κ3) is 2.45. The quantitative estimate of drug-likeness (QED) is 0.617. The normalized spacial score (nSPS) is 11.0. The molecule has 1 aromatic carbocycles. The van der Waals surface area contributed by atoms with Crippen molar-refractivity contribution in [3.05, 3.63) is 41.8 Å². The van der Waals surface area contributed by atoms with Gasteiger partial charge in [-0.1, -0.05) is 48.6 Å². The molecule has 0 radical (unpaired) electrons. The summed E-state index contributed by atoms with van der Waals surface area (Å²) in [6, 6.07) is 8.40. The van der Waals surface area contributed by atoms with Crippen molar-refractivity contribution in [3.63, 3.8) is 0 Å². The van der Waals surface area contributed by atoms with E-state index >= 15 is 0 Å². The molecule has 1 heterocycles. The van der Waals surface area contributed by atoms with Crippen molar-refractivity contribution in [2.24, 2.45) is 0 Å². The molecule has 2 aromatic rings. The summed E-state index contributed by atoms with van der Waals surface area (Å²) in [6.45, 7) is 4.38. The first-order chi connectivity index (χ1) is 7.70. The largest absolute Gasteiger partial charge is 0.444 e. The molecule has 3 heteroatoms. The summed E-state index contributed by atoms with van der Waals surface area (Å²) >= 11 is 2.28. The molecule has 0 atom stereocenters. The molecule has 0 aliphatic rings. The van der Waals surface area contributed by atoms with E-state index in [4.69, 9.17) is 4.42 Å². The fourth-order valence-corrected chi connectivity index (χ4v) is 1.86. The van der Waals surface area contributed by atoms with Crippen LogP contribution < -0.4 is 0 Å². The van der Waals surface area contributed by atoms with Crippen molar-refractivity contribution in [2.45, 2.75) is 24.2 Å². The van der Waals surface area contributed by atoms with E-state index < -0.39 is 0 Å². The highest BCUT2D eigenvalue weighted by Gasteiger charge is 2.06. The number of alkyl halides is 1. The van der Waals surface area contributed by atoms with Gasteiger partial charge in [0.2, 0.25) is 5.89 Å². The summed E-state index contributed by atoms with van der Waals surface area (Å²) in [6.07, 6.45) is 1.72. The van der Waals surface area contributed by atoms with Crippen LogP contribution in [0.25, 0.3) is 11.5 Å². The number of nitrogens with zero attached hydrogens (tertiary/aromatic N) is 1. The Hall–Kier alpha value is -0.840. The van der Waals surface area contributed by atoms with Gasteiger partial charge in [0.05, 0.1) is 5.69 Å². The van der Waals surface area contributed by atoms with Gasteiger partial charge in [-0.25, -0.2) is 4.98 Å². The van der Waals surface area contributed by atoms with Gasteiger partial charge in [-0.05, 0) is 23.6 Å². The van der Waals surface area contributed by atoms with Crippen LogP contribution in [0, 0.1) is 0 Å². The van der Waals surface area contributed by atoms with Crippen LogP contribution in [0.5, 0.6) is 0 Å². The number of benzene rings is 1. The van der Waals surface area contributed by atoms with E-state index in [0.717, 1.165) is 15.7 Å². The van der Waals surface area contributed by atoms with Crippen molar-refractivity contribution in [2.75, 3.05) is 0 Å². The summed E-state index contributed by atoms with van der Waals surface area (Å²) in [4.78, 5) is 4.40. The first-order valence-corrected chi connectivity index (χ1v) is 6.84. The molecular weight excluding hydrogens is 313 g/mol. The Balaban J connectivity index is 2.27. The third-order valence-corrected chi connectivity index (χ3v) is 3.29. The SMILES string of the molecule is CC(C)c1ccc(-c2nc(CI)co2)cc1. The molecule has 0 saturated carbocycles. The van der Waals surface area contributed by atoms with Crippen molar-refractivity contribution < 1.29 is 4.42 Å². The number of oxazole rings is 1.